The summed E-state index contributed by atoms with van der Waals surface area (Å²) in [5.74, 6) is -0.310. The second-order valence-electron chi connectivity index (χ2n) is 5.06. The Morgan fingerprint density at radius 1 is 1.25 bits per heavy atom. The lowest BCUT2D eigenvalue weighted by Crippen LogP contribution is -2.31. The van der Waals surface area contributed by atoms with E-state index in [2.05, 4.69) is 27.3 Å². The molecule has 0 fully saturated rings. The number of para-hydroxylation sites is 1. The molecular formula is C16H15BrFNO. The van der Waals surface area contributed by atoms with Crippen molar-refractivity contribution in [1.82, 2.24) is 0 Å². The van der Waals surface area contributed by atoms with Crippen molar-refractivity contribution in [2.24, 2.45) is 0 Å². The van der Waals surface area contributed by atoms with Gasteiger partial charge in [0.05, 0.1) is 6.04 Å². The zero-order valence-corrected chi connectivity index (χ0v) is 12.4. The van der Waals surface area contributed by atoms with Crippen molar-refractivity contribution in [2.75, 3.05) is 5.32 Å². The Kier molecular flexibility index (Phi) is 3.76. The summed E-state index contributed by atoms with van der Waals surface area (Å²) in [6.45, 7) is 0. The number of rotatable bonds is 2. The summed E-state index contributed by atoms with van der Waals surface area (Å²) in [5, 5.41) is 13.9. The Bertz CT molecular complexity index is 632. The summed E-state index contributed by atoms with van der Waals surface area (Å²) < 4.78 is 13.7. The molecule has 1 aliphatic rings. The molecule has 2 N–H and O–H groups in total. The number of aliphatic hydroxyl groups excluding tert-OH is 1. The number of anilines is 1. The van der Waals surface area contributed by atoms with Crippen molar-refractivity contribution < 1.29 is 9.50 Å². The van der Waals surface area contributed by atoms with Crippen molar-refractivity contribution in [1.29, 1.82) is 0 Å². The van der Waals surface area contributed by atoms with E-state index >= 15 is 0 Å². The molecule has 2 nitrogen and oxygen atoms in total. The second kappa shape index (κ2) is 5.54. The molecular weight excluding hydrogens is 321 g/mol. The first-order valence-corrected chi connectivity index (χ1v) is 7.42. The van der Waals surface area contributed by atoms with E-state index in [1.807, 2.05) is 18.2 Å². The van der Waals surface area contributed by atoms with Gasteiger partial charge in [-0.3, -0.25) is 0 Å². The van der Waals surface area contributed by atoms with E-state index in [1.54, 1.807) is 6.07 Å². The molecule has 1 heterocycles. The zero-order chi connectivity index (χ0) is 14.1. The molecule has 2 aromatic carbocycles. The smallest absolute Gasteiger partial charge is 0.124 e. The van der Waals surface area contributed by atoms with Crippen molar-refractivity contribution in [3.63, 3.8) is 0 Å². The first kappa shape index (κ1) is 13.6. The van der Waals surface area contributed by atoms with Gasteiger partial charge in [0.1, 0.15) is 11.9 Å². The molecule has 104 valence electrons. The molecule has 0 saturated heterocycles. The van der Waals surface area contributed by atoms with Gasteiger partial charge in [-0.05, 0) is 42.2 Å². The highest BCUT2D eigenvalue weighted by atomic mass is 79.9. The van der Waals surface area contributed by atoms with Gasteiger partial charge in [-0.1, -0.05) is 40.2 Å². The lowest BCUT2D eigenvalue weighted by molar-refractivity contribution is 0.148. The molecule has 0 aromatic heterocycles. The number of aryl methyl sites for hydroxylation is 1. The predicted molar refractivity (Wildman–Crippen MR) is 81.2 cm³/mol. The lowest BCUT2D eigenvalue weighted by Gasteiger charge is -2.31. The summed E-state index contributed by atoms with van der Waals surface area (Å²) in [7, 11) is 0. The number of aliphatic hydroxyl groups is 1. The third kappa shape index (κ3) is 2.58. The number of hydrogen-bond acceptors (Lipinski definition) is 2. The van der Waals surface area contributed by atoms with Crippen LogP contribution in [0.1, 0.15) is 23.7 Å². The van der Waals surface area contributed by atoms with Gasteiger partial charge in [-0.2, -0.15) is 0 Å². The van der Waals surface area contributed by atoms with E-state index < -0.39 is 6.10 Å². The highest BCUT2D eigenvalue weighted by Gasteiger charge is 2.26. The molecule has 3 rings (SSSR count). The molecule has 2 unspecified atom stereocenters. The van der Waals surface area contributed by atoms with Crippen LogP contribution in [0, 0.1) is 5.82 Å². The minimum Gasteiger partial charge on any atom is -0.386 e. The van der Waals surface area contributed by atoms with Crippen molar-refractivity contribution in [3.8, 4) is 0 Å². The average Bonchev–Trinajstić information content (AvgIpc) is 2.46. The van der Waals surface area contributed by atoms with Crippen LogP contribution in [0.4, 0.5) is 10.1 Å². The molecule has 0 amide bonds. The normalized spacial score (nSPS) is 19.1. The Morgan fingerprint density at radius 2 is 2.05 bits per heavy atom. The van der Waals surface area contributed by atoms with Crippen LogP contribution in [0.5, 0.6) is 0 Å². The van der Waals surface area contributed by atoms with E-state index in [4.69, 9.17) is 0 Å². The number of nitrogens with one attached hydrogen (secondary N) is 1. The van der Waals surface area contributed by atoms with Crippen LogP contribution in [0.3, 0.4) is 0 Å². The summed E-state index contributed by atoms with van der Waals surface area (Å²) in [5.41, 5.74) is 3.05. The summed E-state index contributed by atoms with van der Waals surface area (Å²) in [4.78, 5) is 0. The fourth-order valence-corrected chi connectivity index (χ4v) is 3.24. The van der Waals surface area contributed by atoms with Crippen molar-refractivity contribution in [3.05, 3.63) is 63.9 Å². The minimum atomic E-state index is -0.668. The van der Waals surface area contributed by atoms with Crippen LogP contribution in [0.2, 0.25) is 0 Å². The molecule has 0 saturated carbocycles. The van der Waals surface area contributed by atoms with Gasteiger partial charge in [-0.25, -0.2) is 4.39 Å². The zero-order valence-electron chi connectivity index (χ0n) is 10.8. The summed E-state index contributed by atoms with van der Waals surface area (Å²) >= 11 is 3.32. The largest absolute Gasteiger partial charge is 0.386 e. The van der Waals surface area contributed by atoms with Crippen molar-refractivity contribution >= 4 is 21.6 Å². The molecule has 0 radical (unpaired) electrons. The average molecular weight is 336 g/mol. The van der Waals surface area contributed by atoms with Gasteiger partial charge in [0.2, 0.25) is 0 Å². The fraction of sp³-hybridized carbons (Fsp3) is 0.250. The van der Waals surface area contributed by atoms with E-state index in [-0.39, 0.29) is 11.9 Å². The van der Waals surface area contributed by atoms with E-state index in [9.17, 15) is 9.50 Å². The van der Waals surface area contributed by atoms with Gasteiger partial charge in [0.15, 0.2) is 0 Å². The SMILES string of the molecule is OC(c1ccc(F)cc1Br)C1CCc2ccccc2N1. The molecule has 4 heteroatoms. The van der Waals surface area contributed by atoms with Gasteiger partial charge in [-0.15, -0.1) is 0 Å². The highest BCUT2D eigenvalue weighted by Crippen LogP contribution is 2.33. The number of benzene rings is 2. The third-order valence-electron chi connectivity index (χ3n) is 3.75. The Labute approximate surface area is 125 Å². The Balaban J connectivity index is 1.84. The summed E-state index contributed by atoms with van der Waals surface area (Å²) in [6.07, 6.45) is 1.12. The monoisotopic (exact) mass is 335 g/mol. The maximum absolute atomic E-state index is 13.1. The summed E-state index contributed by atoms with van der Waals surface area (Å²) in [6, 6.07) is 12.4. The van der Waals surface area contributed by atoms with E-state index in [0.29, 0.717) is 10.0 Å². The molecule has 2 atom stereocenters. The number of halogens is 2. The molecule has 1 aliphatic heterocycles. The van der Waals surface area contributed by atoms with Crippen LogP contribution in [0.15, 0.2) is 46.9 Å². The second-order valence-corrected chi connectivity index (χ2v) is 5.91. The maximum atomic E-state index is 13.1. The molecule has 0 aliphatic carbocycles. The van der Waals surface area contributed by atoms with Gasteiger partial charge < -0.3 is 10.4 Å². The van der Waals surface area contributed by atoms with Crippen LogP contribution < -0.4 is 5.32 Å². The van der Waals surface area contributed by atoms with Gasteiger partial charge in [0, 0.05) is 10.2 Å². The van der Waals surface area contributed by atoms with Crippen LogP contribution in [-0.2, 0) is 6.42 Å². The maximum Gasteiger partial charge on any atom is 0.124 e. The van der Waals surface area contributed by atoms with Crippen LogP contribution in [-0.4, -0.2) is 11.1 Å². The fourth-order valence-electron chi connectivity index (χ4n) is 2.66. The van der Waals surface area contributed by atoms with Crippen LogP contribution in [0.25, 0.3) is 0 Å². The van der Waals surface area contributed by atoms with E-state index in [0.717, 1.165) is 18.5 Å². The quantitative estimate of drug-likeness (QED) is 0.867. The highest BCUT2D eigenvalue weighted by molar-refractivity contribution is 9.10. The topological polar surface area (TPSA) is 32.3 Å². The third-order valence-corrected chi connectivity index (χ3v) is 4.43. The molecule has 0 spiro atoms. The van der Waals surface area contributed by atoms with Crippen LogP contribution >= 0.6 is 15.9 Å². The Morgan fingerprint density at radius 3 is 2.85 bits per heavy atom. The Hall–Kier alpha value is -1.39. The number of hydrogen-bond donors (Lipinski definition) is 2. The first-order chi connectivity index (χ1) is 9.65. The first-order valence-electron chi connectivity index (χ1n) is 6.62. The molecule has 2 aromatic rings. The van der Waals surface area contributed by atoms with Gasteiger partial charge >= 0.3 is 0 Å². The van der Waals surface area contributed by atoms with Crippen molar-refractivity contribution in [2.45, 2.75) is 25.0 Å². The standard InChI is InChI=1S/C16H15BrFNO/c17-13-9-11(18)6-7-12(13)16(20)15-8-5-10-3-1-2-4-14(10)19-15/h1-4,6-7,9,15-16,19-20H,5,8H2. The predicted octanol–water partition coefficient (Wildman–Crippen LogP) is 4.05. The van der Waals surface area contributed by atoms with Gasteiger partial charge in [0.25, 0.3) is 0 Å². The molecule has 20 heavy (non-hydrogen) atoms. The lowest BCUT2D eigenvalue weighted by atomic mass is 9.92. The minimum absolute atomic E-state index is 0.0633. The molecule has 0 bridgehead atoms. The van der Waals surface area contributed by atoms with E-state index in [1.165, 1.54) is 17.7 Å². The number of fused-ring (bicyclic) bond motifs is 1.